The zero-order valence-corrected chi connectivity index (χ0v) is 12.6. The maximum atomic E-state index is 12.9. The summed E-state index contributed by atoms with van der Waals surface area (Å²) in [7, 11) is 0. The Morgan fingerprint density at radius 1 is 1.37 bits per heavy atom. The molecule has 1 heterocycles. The van der Waals surface area contributed by atoms with Crippen LogP contribution in [0.25, 0.3) is 0 Å². The summed E-state index contributed by atoms with van der Waals surface area (Å²) < 4.78 is 39.7. The standard InChI is InChI=1S/C13H14BrF3OS/c14-8-5-9(19-7-8)6-12(18)10-3-1-2-4-11(10)13(15,16)17/h5,7,10-11H,1-4,6H2. The van der Waals surface area contributed by atoms with Gasteiger partial charge in [0.15, 0.2) is 0 Å². The van der Waals surface area contributed by atoms with Gasteiger partial charge in [0.25, 0.3) is 0 Å². The van der Waals surface area contributed by atoms with Crippen molar-refractivity contribution in [1.82, 2.24) is 0 Å². The molecule has 2 rings (SSSR count). The van der Waals surface area contributed by atoms with Crippen LogP contribution < -0.4 is 0 Å². The number of ketones is 1. The van der Waals surface area contributed by atoms with Gasteiger partial charge < -0.3 is 0 Å². The quantitative estimate of drug-likeness (QED) is 0.747. The van der Waals surface area contributed by atoms with E-state index in [4.69, 9.17) is 0 Å². The van der Waals surface area contributed by atoms with Crippen LogP contribution in [0.4, 0.5) is 13.2 Å². The van der Waals surface area contributed by atoms with Crippen molar-refractivity contribution >= 4 is 33.0 Å². The van der Waals surface area contributed by atoms with E-state index in [2.05, 4.69) is 15.9 Å². The lowest BCUT2D eigenvalue weighted by atomic mass is 9.76. The van der Waals surface area contributed by atoms with Crippen molar-refractivity contribution in [2.24, 2.45) is 11.8 Å². The van der Waals surface area contributed by atoms with Crippen LogP contribution in [0.15, 0.2) is 15.9 Å². The van der Waals surface area contributed by atoms with Crippen LogP contribution in [0.3, 0.4) is 0 Å². The molecule has 2 atom stereocenters. The molecule has 2 unspecified atom stereocenters. The topological polar surface area (TPSA) is 17.1 Å². The van der Waals surface area contributed by atoms with Gasteiger partial charge in [-0.15, -0.1) is 11.3 Å². The fraction of sp³-hybridized carbons (Fsp3) is 0.615. The Morgan fingerprint density at radius 2 is 2.05 bits per heavy atom. The van der Waals surface area contributed by atoms with Gasteiger partial charge in [0, 0.05) is 27.1 Å². The summed E-state index contributed by atoms with van der Waals surface area (Å²) in [6.45, 7) is 0. The highest BCUT2D eigenvalue weighted by molar-refractivity contribution is 9.10. The molecule has 0 radical (unpaired) electrons. The number of carbonyl (C=O) groups is 1. The molecule has 0 saturated heterocycles. The second-order valence-electron chi connectivity index (χ2n) is 4.91. The molecule has 1 aliphatic carbocycles. The molecule has 0 aliphatic heterocycles. The summed E-state index contributed by atoms with van der Waals surface area (Å²) in [6, 6.07) is 1.80. The number of alkyl halides is 3. The van der Waals surface area contributed by atoms with E-state index in [1.54, 1.807) is 6.07 Å². The Balaban J connectivity index is 2.07. The summed E-state index contributed by atoms with van der Waals surface area (Å²) >= 11 is 4.68. The second-order valence-corrected chi connectivity index (χ2v) is 6.82. The van der Waals surface area contributed by atoms with Gasteiger partial charge >= 0.3 is 6.18 Å². The number of thiophene rings is 1. The van der Waals surface area contributed by atoms with Crippen molar-refractivity contribution in [2.45, 2.75) is 38.3 Å². The van der Waals surface area contributed by atoms with Gasteiger partial charge in [-0.3, -0.25) is 4.79 Å². The van der Waals surface area contributed by atoms with Crippen LogP contribution in [0.1, 0.15) is 30.6 Å². The van der Waals surface area contributed by atoms with Gasteiger partial charge in [-0.1, -0.05) is 12.8 Å². The van der Waals surface area contributed by atoms with Crippen molar-refractivity contribution in [3.8, 4) is 0 Å². The minimum Gasteiger partial charge on any atom is -0.299 e. The zero-order chi connectivity index (χ0) is 14.0. The maximum absolute atomic E-state index is 12.9. The summed E-state index contributed by atoms with van der Waals surface area (Å²) in [5.41, 5.74) is 0. The third-order valence-electron chi connectivity index (χ3n) is 3.57. The molecule has 1 aliphatic rings. The summed E-state index contributed by atoms with van der Waals surface area (Å²) in [6.07, 6.45) is -2.39. The third-order valence-corrected chi connectivity index (χ3v) is 5.27. The van der Waals surface area contributed by atoms with Crippen LogP contribution in [0, 0.1) is 11.8 Å². The Labute approximate surface area is 122 Å². The molecule has 1 fully saturated rings. The first kappa shape index (κ1) is 15.0. The van der Waals surface area contributed by atoms with Crippen molar-refractivity contribution in [3.63, 3.8) is 0 Å². The van der Waals surface area contributed by atoms with Crippen LogP contribution in [-0.4, -0.2) is 12.0 Å². The van der Waals surface area contributed by atoms with Gasteiger partial charge in [-0.2, -0.15) is 13.2 Å². The summed E-state index contributed by atoms with van der Waals surface area (Å²) in [5, 5.41) is 1.84. The smallest absolute Gasteiger partial charge is 0.299 e. The van der Waals surface area contributed by atoms with Gasteiger partial charge in [0.1, 0.15) is 5.78 Å². The van der Waals surface area contributed by atoms with E-state index in [0.29, 0.717) is 12.8 Å². The fourth-order valence-electron chi connectivity index (χ4n) is 2.66. The van der Waals surface area contributed by atoms with Gasteiger partial charge in [-0.05, 0) is 34.8 Å². The molecule has 0 bridgehead atoms. The SMILES string of the molecule is O=C(Cc1cc(Br)cs1)C1CCCCC1C(F)(F)F. The Morgan fingerprint density at radius 3 is 2.63 bits per heavy atom. The van der Waals surface area contributed by atoms with Gasteiger partial charge in [-0.25, -0.2) is 0 Å². The molecule has 0 aromatic carbocycles. The monoisotopic (exact) mass is 354 g/mol. The van der Waals surface area contributed by atoms with E-state index in [9.17, 15) is 18.0 Å². The van der Waals surface area contributed by atoms with Gasteiger partial charge in [0.05, 0.1) is 5.92 Å². The third kappa shape index (κ3) is 3.81. The molecule has 1 aromatic heterocycles. The normalized spacial score (nSPS) is 24.4. The summed E-state index contributed by atoms with van der Waals surface area (Å²) in [5.74, 6) is -2.57. The largest absolute Gasteiger partial charge is 0.392 e. The molecule has 1 aromatic rings. The van der Waals surface area contributed by atoms with Crippen LogP contribution in [0.2, 0.25) is 0 Å². The number of halogens is 4. The number of hydrogen-bond donors (Lipinski definition) is 0. The molecule has 0 amide bonds. The molecule has 0 spiro atoms. The second kappa shape index (κ2) is 5.95. The average molecular weight is 355 g/mol. The summed E-state index contributed by atoms with van der Waals surface area (Å²) in [4.78, 5) is 12.9. The van der Waals surface area contributed by atoms with Crippen LogP contribution in [-0.2, 0) is 11.2 Å². The molecule has 19 heavy (non-hydrogen) atoms. The first-order chi connectivity index (χ1) is 8.88. The lowest BCUT2D eigenvalue weighted by Gasteiger charge is -2.31. The van der Waals surface area contributed by atoms with E-state index in [0.717, 1.165) is 15.8 Å². The highest BCUT2D eigenvalue weighted by Gasteiger charge is 2.47. The van der Waals surface area contributed by atoms with E-state index < -0.39 is 18.0 Å². The van der Waals surface area contributed by atoms with Crippen molar-refractivity contribution in [3.05, 3.63) is 20.8 Å². The minimum atomic E-state index is -4.25. The van der Waals surface area contributed by atoms with E-state index >= 15 is 0 Å². The molecule has 106 valence electrons. The number of Topliss-reactive ketones (excluding diaryl/α,β-unsaturated/α-hetero) is 1. The van der Waals surface area contributed by atoms with E-state index in [1.165, 1.54) is 11.3 Å². The predicted octanol–water partition coefficient (Wildman–Crippen LogP) is 4.99. The van der Waals surface area contributed by atoms with Crippen molar-refractivity contribution in [2.75, 3.05) is 0 Å². The highest BCUT2D eigenvalue weighted by Crippen LogP contribution is 2.42. The predicted molar refractivity (Wildman–Crippen MR) is 72.2 cm³/mol. The first-order valence-corrected chi connectivity index (χ1v) is 7.87. The lowest BCUT2D eigenvalue weighted by Crippen LogP contribution is -2.37. The molecule has 1 nitrogen and oxygen atoms in total. The lowest BCUT2D eigenvalue weighted by molar-refractivity contribution is -0.197. The molecule has 1 saturated carbocycles. The minimum absolute atomic E-state index is 0.0913. The molecule has 0 N–H and O–H groups in total. The number of hydrogen-bond acceptors (Lipinski definition) is 2. The molecule has 6 heteroatoms. The number of carbonyl (C=O) groups excluding carboxylic acids is 1. The fourth-order valence-corrected chi connectivity index (χ4v) is 4.12. The highest BCUT2D eigenvalue weighted by atomic mass is 79.9. The maximum Gasteiger partial charge on any atom is 0.392 e. The Kier molecular flexibility index (Phi) is 4.71. The van der Waals surface area contributed by atoms with Gasteiger partial charge in [0.2, 0.25) is 0 Å². The average Bonchev–Trinajstić information content (AvgIpc) is 2.73. The number of rotatable bonds is 3. The molecular weight excluding hydrogens is 341 g/mol. The Bertz CT molecular complexity index is 455. The van der Waals surface area contributed by atoms with Crippen molar-refractivity contribution in [1.29, 1.82) is 0 Å². The Hall–Kier alpha value is -0.360. The van der Waals surface area contributed by atoms with Crippen LogP contribution >= 0.6 is 27.3 Å². The van der Waals surface area contributed by atoms with E-state index in [-0.39, 0.29) is 18.6 Å². The zero-order valence-electron chi connectivity index (χ0n) is 10.2. The first-order valence-electron chi connectivity index (χ1n) is 6.20. The van der Waals surface area contributed by atoms with Crippen LogP contribution in [0.5, 0.6) is 0 Å². The van der Waals surface area contributed by atoms with Crippen molar-refractivity contribution < 1.29 is 18.0 Å². The van der Waals surface area contributed by atoms with E-state index in [1.807, 2.05) is 5.38 Å². The molecular formula is C13H14BrF3OS.